The molecule has 0 fully saturated rings. The second-order valence-corrected chi connectivity index (χ2v) is 7.98. The molecule has 172 valence electrons. The number of rotatable bonds is 11. The molecule has 1 N–H and O–H groups in total. The highest BCUT2D eigenvalue weighted by Gasteiger charge is 2.35. The Bertz CT molecular complexity index is 847. The minimum absolute atomic E-state index is 0.0864. The summed E-state index contributed by atoms with van der Waals surface area (Å²) in [6, 6.07) is 4.39. The number of anilines is 2. The average molecular weight is 437 g/mol. The molecule has 1 aromatic carbocycles. The van der Waals surface area contributed by atoms with Crippen LogP contribution in [0.15, 0.2) is 18.2 Å². The summed E-state index contributed by atoms with van der Waals surface area (Å²) < 4.78 is 41.7. The molecule has 1 heterocycles. The van der Waals surface area contributed by atoms with Gasteiger partial charge in [-0.1, -0.05) is 52.5 Å². The summed E-state index contributed by atoms with van der Waals surface area (Å²) >= 11 is 0. The first-order valence-corrected chi connectivity index (χ1v) is 11.2. The summed E-state index contributed by atoms with van der Waals surface area (Å²) in [6.45, 7) is 6.83. The van der Waals surface area contributed by atoms with Gasteiger partial charge < -0.3 is 10.2 Å². The van der Waals surface area contributed by atoms with Crippen LogP contribution in [-0.4, -0.2) is 30.6 Å². The van der Waals surface area contributed by atoms with Crippen molar-refractivity contribution in [1.82, 2.24) is 9.97 Å². The van der Waals surface area contributed by atoms with Crippen LogP contribution in [0.2, 0.25) is 0 Å². The number of benzene rings is 1. The summed E-state index contributed by atoms with van der Waals surface area (Å²) in [4.78, 5) is 11.0. The molecule has 0 aliphatic heterocycles. The molecular formula is C24H35F3N4. The molecule has 2 rings (SSSR count). The number of nitrogens with zero attached hydrogens (tertiary/aromatic N) is 3. The molecule has 2 aromatic rings. The Labute approximate surface area is 184 Å². The van der Waals surface area contributed by atoms with Crippen molar-refractivity contribution in [2.24, 2.45) is 0 Å². The van der Waals surface area contributed by atoms with Crippen LogP contribution in [0.4, 0.5) is 24.7 Å². The summed E-state index contributed by atoms with van der Waals surface area (Å²) in [5.74, 6) is 0.692. The van der Waals surface area contributed by atoms with E-state index in [1.807, 2.05) is 13.8 Å². The number of nitrogens with one attached hydrogen (secondary N) is 1. The van der Waals surface area contributed by atoms with Gasteiger partial charge in [0.1, 0.15) is 5.82 Å². The smallest absolute Gasteiger partial charge is 0.378 e. The Balaban J connectivity index is 2.41. The van der Waals surface area contributed by atoms with Crippen molar-refractivity contribution in [1.29, 1.82) is 0 Å². The summed E-state index contributed by atoms with van der Waals surface area (Å²) in [7, 11) is 3.45. The topological polar surface area (TPSA) is 41.1 Å². The molecular weight excluding hydrogens is 401 g/mol. The van der Waals surface area contributed by atoms with E-state index in [9.17, 15) is 13.2 Å². The van der Waals surface area contributed by atoms with Gasteiger partial charge in [-0.25, -0.2) is 9.97 Å². The number of halogens is 3. The Kier molecular flexibility index (Phi) is 9.14. The third kappa shape index (κ3) is 6.58. The monoisotopic (exact) mass is 436 g/mol. The molecule has 0 unspecified atom stereocenters. The Morgan fingerprint density at radius 1 is 0.903 bits per heavy atom. The highest BCUT2D eigenvalue weighted by molar-refractivity contribution is 5.71. The van der Waals surface area contributed by atoms with Gasteiger partial charge in [-0.2, -0.15) is 13.2 Å². The average Bonchev–Trinajstić information content (AvgIpc) is 2.74. The fourth-order valence-corrected chi connectivity index (χ4v) is 3.54. The number of aromatic nitrogens is 2. The van der Waals surface area contributed by atoms with Crippen molar-refractivity contribution in [3.05, 3.63) is 35.2 Å². The summed E-state index contributed by atoms with van der Waals surface area (Å²) in [5, 5.41) is 3.36. The Morgan fingerprint density at radius 3 is 2.16 bits per heavy atom. The van der Waals surface area contributed by atoms with Gasteiger partial charge in [0.25, 0.3) is 0 Å². The predicted molar refractivity (Wildman–Crippen MR) is 123 cm³/mol. The van der Waals surface area contributed by atoms with Crippen LogP contribution in [0.5, 0.6) is 0 Å². The first kappa shape index (κ1) is 25.0. The van der Waals surface area contributed by atoms with Gasteiger partial charge in [0.05, 0.1) is 22.6 Å². The lowest BCUT2D eigenvalue weighted by molar-refractivity contribution is -0.137. The number of hydrogen-bond acceptors (Lipinski definition) is 4. The van der Waals surface area contributed by atoms with Crippen LogP contribution in [0, 0.1) is 0 Å². The molecule has 4 nitrogen and oxygen atoms in total. The second-order valence-electron chi connectivity index (χ2n) is 7.98. The first-order valence-electron chi connectivity index (χ1n) is 11.2. The van der Waals surface area contributed by atoms with E-state index >= 15 is 0 Å². The van der Waals surface area contributed by atoms with E-state index in [0.717, 1.165) is 19.4 Å². The highest BCUT2D eigenvalue weighted by Crippen LogP contribution is 2.39. The first-order chi connectivity index (χ1) is 14.7. The van der Waals surface area contributed by atoms with Crippen LogP contribution >= 0.6 is 0 Å². The maximum atomic E-state index is 13.9. The van der Waals surface area contributed by atoms with Crippen LogP contribution < -0.4 is 10.2 Å². The molecule has 0 amide bonds. The molecule has 31 heavy (non-hydrogen) atoms. The van der Waals surface area contributed by atoms with Crippen LogP contribution in [0.25, 0.3) is 11.3 Å². The number of alkyl halides is 3. The van der Waals surface area contributed by atoms with Crippen molar-refractivity contribution in [3.8, 4) is 11.3 Å². The maximum absolute atomic E-state index is 13.9. The second kappa shape index (κ2) is 11.3. The van der Waals surface area contributed by atoms with E-state index in [-0.39, 0.29) is 5.56 Å². The molecule has 1 aromatic heterocycles. The van der Waals surface area contributed by atoms with E-state index < -0.39 is 11.7 Å². The Morgan fingerprint density at radius 2 is 1.58 bits per heavy atom. The van der Waals surface area contributed by atoms with E-state index in [1.54, 1.807) is 25.1 Å². The third-order valence-corrected chi connectivity index (χ3v) is 5.36. The van der Waals surface area contributed by atoms with Gasteiger partial charge in [0.15, 0.2) is 0 Å². The van der Waals surface area contributed by atoms with Gasteiger partial charge in [0, 0.05) is 31.9 Å². The molecule has 0 spiro atoms. The minimum Gasteiger partial charge on any atom is -0.378 e. The maximum Gasteiger partial charge on any atom is 0.417 e. The lowest BCUT2D eigenvalue weighted by Gasteiger charge is -2.20. The van der Waals surface area contributed by atoms with Gasteiger partial charge in [-0.3, -0.25) is 0 Å². The number of hydrogen-bond donors (Lipinski definition) is 1. The lowest BCUT2D eigenvalue weighted by Crippen LogP contribution is -2.15. The zero-order valence-corrected chi connectivity index (χ0v) is 19.4. The lowest BCUT2D eigenvalue weighted by atomic mass is 9.99. The summed E-state index contributed by atoms with van der Waals surface area (Å²) in [6.07, 6.45) is 2.48. The summed E-state index contributed by atoms with van der Waals surface area (Å²) in [5.41, 5.74) is 1.51. The van der Waals surface area contributed by atoms with Crippen molar-refractivity contribution in [2.45, 2.75) is 71.9 Å². The van der Waals surface area contributed by atoms with Gasteiger partial charge in [-0.15, -0.1) is 0 Å². The van der Waals surface area contributed by atoms with Crippen LogP contribution in [0.3, 0.4) is 0 Å². The van der Waals surface area contributed by atoms with Crippen molar-refractivity contribution in [2.75, 3.05) is 30.9 Å². The normalized spacial score (nSPS) is 11.6. The molecule has 0 saturated carbocycles. The molecule has 0 atom stereocenters. The fraction of sp³-hybridized carbons (Fsp3) is 0.583. The highest BCUT2D eigenvalue weighted by atomic mass is 19.4. The van der Waals surface area contributed by atoms with Crippen molar-refractivity contribution in [3.63, 3.8) is 0 Å². The number of unbranched alkanes of at least 4 members (excludes halogenated alkanes) is 4. The van der Waals surface area contributed by atoms with E-state index in [1.165, 1.54) is 31.4 Å². The molecule has 0 aliphatic carbocycles. The van der Waals surface area contributed by atoms with Crippen molar-refractivity contribution >= 4 is 11.5 Å². The van der Waals surface area contributed by atoms with Gasteiger partial charge in [-0.05, 0) is 31.4 Å². The van der Waals surface area contributed by atoms with E-state index in [0.29, 0.717) is 41.4 Å². The molecule has 0 bridgehead atoms. The third-order valence-electron chi connectivity index (χ3n) is 5.36. The van der Waals surface area contributed by atoms with Gasteiger partial charge >= 0.3 is 6.18 Å². The largest absolute Gasteiger partial charge is 0.417 e. The SMILES string of the molecule is CCCCCCCNc1nc(CC)c(-c2ccc(N(C)C)cc2C(F)(F)F)nc1CC. The zero-order chi connectivity index (χ0) is 23.0. The predicted octanol–water partition coefficient (Wildman–Crippen LogP) is 6.74. The van der Waals surface area contributed by atoms with Gasteiger partial charge in [0.2, 0.25) is 0 Å². The van der Waals surface area contributed by atoms with Crippen molar-refractivity contribution < 1.29 is 13.2 Å². The van der Waals surface area contributed by atoms with E-state index in [4.69, 9.17) is 4.98 Å². The Hall–Kier alpha value is -2.31. The molecule has 0 saturated heterocycles. The molecule has 0 aliphatic rings. The fourth-order valence-electron chi connectivity index (χ4n) is 3.54. The van der Waals surface area contributed by atoms with Crippen LogP contribution in [-0.2, 0) is 19.0 Å². The van der Waals surface area contributed by atoms with Crippen LogP contribution in [0.1, 0.15) is 69.8 Å². The quantitative estimate of drug-likeness (QED) is 0.396. The molecule has 0 radical (unpaired) electrons. The molecule has 7 heteroatoms. The minimum atomic E-state index is -4.48. The van der Waals surface area contributed by atoms with E-state index in [2.05, 4.69) is 17.2 Å². The standard InChI is InChI=1S/C24H35F3N4/c1-6-9-10-11-12-15-28-23-21(8-3)29-22(20(7-2)30-23)18-14-13-17(31(4)5)16-19(18)24(25,26)27/h13-14,16H,6-12,15H2,1-5H3,(H,28,30). The number of aryl methyl sites for hydroxylation is 2. The zero-order valence-electron chi connectivity index (χ0n) is 19.4.